The van der Waals surface area contributed by atoms with Gasteiger partial charge in [0.05, 0.1) is 11.6 Å². The number of hydrogen-bond donors (Lipinski definition) is 2. The Balaban J connectivity index is 1.98. The van der Waals surface area contributed by atoms with Crippen molar-refractivity contribution >= 4 is 0 Å². The molecule has 34 heavy (non-hydrogen) atoms. The Hall–Kier alpha value is -3.13. The molecule has 1 aromatic carbocycles. The summed E-state index contributed by atoms with van der Waals surface area (Å²) in [5.74, 6) is 0.269. The Bertz CT molecular complexity index is 1040. The predicted octanol–water partition coefficient (Wildman–Crippen LogP) is 5.19. The van der Waals surface area contributed by atoms with E-state index in [2.05, 4.69) is 73.9 Å². The van der Waals surface area contributed by atoms with E-state index in [1.54, 1.807) is 6.20 Å². The summed E-state index contributed by atoms with van der Waals surface area (Å²) in [6.45, 7) is 11.1. The second-order valence-electron chi connectivity index (χ2n) is 9.45. The number of nitrogens with zero attached hydrogens (tertiary/aromatic N) is 2. The first-order valence-electron chi connectivity index (χ1n) is 12.2. The molecule has 0 bridgehead atoms. The number of allylic oxidation sites excluding steroid dienone is 7. The van der Waals surface area contributed by atoms with Crippen molar-refractivity contribution in [3.63, 3.8) is 0 Å². The van der Waals surface area contributed by atoms with Crippen LogP contribution < -0.4 is 11.1 Å². The highest BCUT2D eigenvalue weighted by molar-refractivity contribution is 5.60. The van der Waals surface area contributed by atoms with E-state index in [0.717, 1.165) is 50.8 Å². The third-order valence-electron chi connectivity index (χ3n) is 6.74. The van der Waals surface area contributed by atoms with Gasteiger partial charge in [0.15, 0.2) is 0 Å². The van der Waals surface area contributed by atoms with Crippen molar-refractivity contribution in [1.29, 1.82) is 5.26 Å². The van der Waals surface area contributed by atoms with Crippen LogP contribution in [-0.4, -0.2) is 38.1 Å². The Kier molecular flexibility index (Phi) is 9.27. The minimum Gasteiger partial charge on any atom is -0.405 e. The lowest BCUT2D eigenvalue weighted by molar-refractivity contribution is 0.381. The highest BCUT2D eigenvalue weighted by Gasteiger charge is 2.30. The maximum absolute atomic E-state index is 9.17. The van der Waals surface area contributed by atoms with Gasteiger partial charge in [-0.3, -0.25) is 0 Å². The molecule has 0 aliphatic heterocycles. The van der Waals surface area contributed by atoms with Gasteiger partial charge in [-0.05, 0) is 123 Å². The Labute approximate surface area is 205 Å². The lowest BCUT2D eigenvalue weighted by Gasteiger charge is -2.35. The molecule has 4 heteroatoms. The highest BCUT2D eigenvalue weighted by atomic mass is 15.1. The van der Waals surface area contributed by atoms with Crippen LogP contribution in [0.1, 0.15) is 36.8 Å². The first-order chi connectivity index (χ1) is 16.4. The summed E-state index contributed by atoms with van der Waals surface area (Å²) in [7, 11) is 4.22. The van der Waals surface area contributed by atoms with Crippen LogP contribution in [0.5, 0.6) is 0 Å². The maximum atomic E-state index is 9.17. The predicted molar refractivity (Wildman–Crippen MR) is 143 cm³/mol. The molecule has 0 saturated heterocycles. The summed E-state index contributed by atoms with van der Waals surface area (Å²) in [6.07, 6.45) is 15.0. The number of nitrogens with one attached hydrogen (secondary N) is 1. The molecule has 3 N–H and O–H groups in total. The lowest BCUT2D eigenvalue weighted by Crippen LogP contribution is -2.37. The van der Waals surface area contributed by atoms with Crippen LogP contribution in [0.15, 0.2) is 95.8 Å². The average Bonchev–Trinajstić information content (AvgIpc) is 2.85. The molecule has 2 aliphatic rings. The van der Waals surface area contributed by atoms with E-state index >= 15 is 0 Å². The van der Waals surface area contributed by atoms with Gasteiger partial charge < -0.3 is 16.0 Å². The zero-order valence-corrected chi connectivity index (χ0v) is 20.7. The van der Waals surface area contributed by atoms with Gasteiger partial charge in [0, 0.05) is 6.04 Å². The normalized spacial score (nSPS) is 22.2. The second-order valence-corrected chi connectivity index (χ2v) is 9.45. The molecule has 1 aromatic rings. The fourth-order valence-electron chi connectivity index (χ4n) is 4.88. The van der Waals surface area contributed by atoms with Crippen LogP contribution in [0.4, 0.5) is 0 Å². The molecule has 0 amide bonds. The second kappa shape index (κ2) is 12.4. The minimum absolute atomic E-state index is 0.158. The number of nitrogens with two attached hydrogens (primary N) is 1. The SMILES string of the molecule is C=C1C2=C(C=CCC2)C(=C)C(Cc2ccc(C#N)cc2)CC(NCCCN(C)C)/C1=C\C=C/N. The Morgan fingerprint density at radius 3 is 2.68 bits per heavy atom. The van der Waals surface area contributed by atoms with E-state index in [1.807, 2.05) is 18.2 Å². The van der Waals surface area contributed by atoms with Crippen molar-refractivity contribution in [2.75, 3.05) is 27.2 Å². The number of nitriles is 1. The zero-order valence-electron chi connectivity index (χ0n) is 20.7. The standard InChI is InChI=1S/C30H38N4/c1-22-26(19-24-12-14-25(21-32)15-13-24)20-30(33-17-8-18-34(3)4)29(11-7-16-31)23(2)28-10-6-5-9-27(22)28/h5,7,9,11-16,26,30,33H,1-2,6,8,10,17-20,31H2,3-4H3/b16-7-,29-11-. The topological polar surface area (TPSA) is 65.1 Å². The van der Waals surface area contributed by atoms with Gasteiger partial charge in [0.2, 0.25) is 0 Å². The summed E-state index contributed by atoms with van der Waals surface area (Å²) in [5.41, 5.74) is 13.7. The maximum Gasteiger partial charge on any atom is 0.0991 e. The average molecular weight is 455 g/mol. The van der Waals surface area contributed by atoms with Gasteiger partial charge in [0.1, 0.15) is 0 Å². The van der Waals surface area contributed by atoms with Crippen molar-refractivity contribution in [2.24, 2.45) is 11.7 Å². The van der Waals surface area contributed by atoms with E-state index in [1.165, 1.54) is 27.9 Å². The lowest BCUT2D eigenvalue weighted by atomic mass is 9.73. The largest absolute Gasteiger partial charge is 0.405 e. The third kappa shape index (κ3) is 6.47. The summed E-state index contributed by atoms with van der Waals surface area (Å²) >= 11 is 0. The summed E-state index contributed by atoms with van der Waals surface area (Å²) in [6, 6.07) is 10.3. The molecule has 2 atom stereocenters. The molecule has 0 aromatic heterocycles. The molecular weight excluding hydrogens is 416 g/mol. The van der Waals surface area contributed by atoms with Crippen molar-refractivity contribution in [3.05, 3.63) is 107 Å². The molecule has 2 aliphatic carbocycles. The summed E-state index contributed by atoms with van der Waals surface area (Å²) < 4.78 is 0. The molecule has 0 spiro atoms. The van der Waals surface area contributed by atoms with Crippen LogP contribution in [-0.2, 0) is 6.42 Å². The number of benzene rings is 1. The molecule has 4 nitrogen and oxygen atoms in total. The summed E-state index contributed by atoms with van der Waals surface area (Å²) in [4.78, 5) is 2.22. The molecule has 0 saturated carbocycles. The first kappa shape index (κ1) is 25.5. The van der Waals surface area contributed by atoms with Crippen molar-refractivity contribution < 1.29 is 0 Å². The van der Waals surface area contributed by atoms with E-state index in [-0.39, 0.29) is 12.0 Å². The first-order valence-corrected chi connectivity index (χ1v) is 12.2. The van der Waals surface area contributed by atoms with Gasteiger partial charge in [0.25, 0.3) is 0 Å². The van der Waals surface area contributed by atoms with Gasteiger partial charge in [-0.25, -0.2) is 0 Å². The van der Waals surface area contributed by atoms with E-state index in [0.29, 0.717) is 5.56 Å². The molecule has 2 unspecified atom stereocenters. The number of hydrogen-bond acceptors (Lipinski definition) is 4. The van der Waals surface area contributed by atoms with Crippen LogP contribution in [0.25, 0.3) is 0 Å². The molecule has 0 fully saturated rings. The fourth-order valence-corrected chi connectivity index (χ4v) is 4.88. The molecule has 0 heterocycles. The monoisotopic (exact) mass is 454 g/mol. The molecule has 0 radical (unpaired) electrons. The van der Waals surface area contributed by atoms with Gasteiger partial charge in [-0.15, -0.1) is 0 Å². The van der Waals surface area contributed by atoms with Crippen molar-refractivity contribution in [2.45, 2.75) is 38.1 Å². The smallest absolute Gasteiger partial charge is 0.0991 e. The zero-order chi connectivity index (χ0) is 24.5. The Morgan fingerprint density at radius 2 is 2.00 bits per heavy atom. The minimum atomic E-state index is 0.158. The van der Waals surface area contributed by atoms with Crippen LogP contribution in [0.3, 0.4) is 0 Å². The molecule has 178 valence electrons. The van der Waals surface area contributed by atoms with Gasteiger partial charge in [-0.2, -0.15) is 5.26 Å². The van der Waals surface area contributed by atoms with Crippen LogP contribution in [0.2, 0.25) is 0 Å². The van der Waals surface area contributed by atoms with Gasteiger partial charge >= 0.3 is 0 Å². The van der Waals surface area contributed by atoms with E-state index in [4.69, 9.17) is 11.0 Å². The van der Waals surface area contributed by atoms with E-state index in [9.17, 15) is 0 Å². The van der Waals surface area contributed by atoms with Crippen molar-refractivity contribution in [1.82, 2.24) is 10.2 Å². The van der Waals surface area contributed by atoms with Crippen molar-refractivity contribution in [3.8, 4) is 6.07 Å². The third-order valence-corrected chi connectivity index (χ3v) is 6.74. The highest BCUT2D eigenvalue weighted by Crippen LogP contribution is 2.41. The van der Waals surface area contributed by atoms with Gasteiger partial charge in [-0.1, -0.05) is 43.5 Å². The van der Waals surface area contributed by atoms with Crippen LogP contribution >= 0.6 is 0 Å². The Morgan fingerprint density at radius 1 is 1.24 bits per heavy atom. The molecule has 3 rings (SSSR count). The van der Waals surface area contributed by atoms with E-state index < -0.39 is 0 Å². The number of rotatable bonds is 8. The van der Waals surface area contributed by atoms with Crippen LogP contribution in [0, 0.1) is 17.2 Å². The summed E-state index contributed by atoms with van der Waals surface area (Å²) in [5, 5.41) is 13.0. The fraction of sp³-hybridized carbons (Fsp3) is 0.367. The molecular formula is C30H38N4. The quantitative estimate of drug-likeness (QED) is 0.531.